The standard InChI is InChI=1S/C23H30N4O6/c1-15(24-19(29)6-4-3-5-13-27-20(30)11-12-21(27)31)22(32)25-16(2)23(33)26-18-9-7-17(14-28)8-10-18/h7-12,15-16,28H,3-6,13-14H2,1-2H3,(H,24,29)(H,25,32)(H,26,33). The molecule has 1 aliphatic heterocycles. The Morgan fingerprint density at radius 1 is 0.879 bits per heavy atom. The van der Waals surface area contributed by atoms with E-state index in [1.165, 1.54) is 26.0 Å². The van der Waals surface area contributed by atoms with Gasteiger partial charge in [-0.05, 0) is 44.4 Å². The second-order valence-electron chi connectivity index (χ2n) is 7.84. The van der Waals surface area contributed by atoms with Gasteiger partial charge in [-0.3, -0.25) is 28.9 Å². The molecule has 0 aromatic heterocycles. The lowest BCUT2D eigenvalue weighted by Crippen LogP contribution is -2.50. The molecule has 4 N–H and O–H groups in total. The third kappa shape index (κ3) is 8.15. The van der Waals surface area contributed by atoms with Gasteiger partial charge in [0, 0.05) is 30.8 Å². The Morgan fingerprint density at radius 2 is 1.48 bits per heavy atom. The molecule has 2 unspecified atom stereocenters. The molecule has 1 heterocycles. The fourth-order valence-electron chi connectivity index (χ4n) is 3.11. The van der Waals surface area contributed by atoms with Crippen molar-refractivity contribution in [3.05, 3.63) is 42.0 Å². The van der Waals surface area contributed by atoms with Crippen molar-refractivity contribution < 1.29 is 29.1 Å². The number of hydrogen-bond acceptors (Lipinski definition) is 6. The van der Waals surface area contributed by atoms with Crippen molar-refractivity contribution in [2.45, 2.75) is 58.2 Å². The van der Waals surface area contributed by atoms with Gasteiger partial charge in [-0.25, -0.2) is 0 Å². The maximum absolute atomic E-state index is 12.3. The van der Waals surface area contributed by atoms with Gasteiger partial charge in [0.25, 0.3) is 11.8 Å². The lowest BCUT2D eigenvalue weighted by Gasteiger charge is -2.18. The van der Waals surface area contributed by atoms with Crippen LogP contribution in [0.25, 0.3) is 0 Å². The predicted molar refractivity (Wildman–Crippen MR) is 121 cm³/mol. The van der Waals surface area contributed by atoms with Gasteiger partial charge >= 0.3 is 0 Å². The van der Waals surface area contributed by atoms with Gasteiger partial charge in [-0.1, -0.05) is 18.6 Å². The van der Waals surface area contributed by atoms with Crippen LogP contribution in [0.15, 0.2) is 36.4 Å². The first-order chi connectivity index (χ1) is 15.7. The van der Waals surface area contributed by atoms with E-state index < -0.39 is 23.9 Å². The van der Waals surface area contributed by atoms with Crippen molar-refractivity contribution in [2.24, 2.45) is 0 Å². The van der Waals surface area contributed by atoms with Gasteiger partial charge in [-0.15, -0.1) is 0 Å². The summed E-state index contributed by atoms with van der Waals surface area (Å²) in [5.41, 5.74) is 1.25. The van der Waals surface area contributed by atoms with Gasteiger partial charge in [0.2, 0.25) is 17.7 Å². The van der Waals surface area contributed by atoms with Crippen molar-refractivity contribution in [2.75, 3.05) is 11.9 Å². The first kappa shape index (κ1) is 25.7. The highest BCUT2D eigenvalue weighted by molar-refractivity contribution is 6.12. The molecular formula is C23H30N4O6. The summed E-state index contributed by atoms with van der Waals surface area (Å²) in [6.07, 6.45) is 4.48. The second-order valence-corrected chi connectivity index (χ2v) is 7.84. The average Bonchev–Trinajstić information content (AvgIpc) is 3.11. The van der Waals surface area contributed by atoms with Crippen molar-refractivity contribution in [1.29, 1.82) is 0 Å². The fraction of sp³-hybridized carbons (Fsp3) is 0.435. The van der Waals surface area contributed by atoms with Crippen LogP contribution in [0.3, 0.4) is 0 Å². The van der Waals surface area contributed by atoms with E-state index >= 15 is 0 Å². The maximum atomic E-state index is 12.3. The number of aliphatic hydroxyl groups is 1. The number of unbranched alkanes of at least 4 members (excludes halogenated alkanes) is 2. The Bertz CT molecular complexity index is 894. The number of carbonyl (C=O) groups is 5. The summed E-state index contributed by atoms with van der Waals surface area (Å²) < 4.78 is 0. The fourth-order valence-corrected chi connectivity index (χ4v) is 3.11. The van der Waals surface area contributed by atoms with Crippen LogP contribution in [-0.2, 0) is 30.6 Å². The Labute approximate surface area is 192 Å². The van der Waals surface area contributed by atoms with Crippen LogP contribution >= 0.6 is 0 Å². The Balaban J connectivity index is 1.64. The van der Waals surface area contributed by atoms with Gasteiger partial charge < -0.3 is 21.1 Å². The summed E-state index contributed by atoms with van der Waals surface area (Å²) in [4.78, 5) is 60.7. The number of hydrogen-bond donors (Lipinski definition) is 4. The lowest BCUT2D eigenvalue weighted by atomic mass is 10.1. The summed E-state index contributed by atoms with van der Waals surface area (Å²) in [6.45, 7) is 3.29. The Morgan fingerprint density at radius 3 is 2.09 bits per heavy atom. The molecule has 2 atom stereocenters. The molecule has 1 aromatic rings. The molecule has 0 fully saturated rings. The number of nitrogens with one attached hydrogen (secondary N) is 3. The topological polar surface area (TPSA) is 145 Å². The molecule has 1 aromatic carbocycles. The minimum Gasteiger partial charge on any atom is -0.392 e. The number of anilines is 1. The molecule has 5 amide bonds. The summed E-state index contributed by atoms with van der Waals surface area (Å²) >= 11 is 0. The van der Waals surface area contributed by atoms with Crippen LogP contribution in [0.4, 0.5) is 5.69 Å². The molecule has 0 aliphatic carbocycles. The third-order valence-electron chi connectivity index (χ3n) is 5.11. The zero-order valence-electron chi connectivity index (χ0n) is 18.8. The summed E-state index contributed by atoms with van der Waals surface area (Å²) in [7, 11) is 0. The Kier molecular flexibility index (Phi) is 9.74. The Hall–Kier alpha value is -3.53. The van der Waals surface area contributed by atoms with E-state index in [0.29, 0.717) is 37.1 Å². The van der Waals surface area contributed by atoms with Crippen molar-refractivity contribution in [1.82, 2.24) is 15.5 Å². The highest BCUT2D eigenvalue weighted by Gasteiger charge is 2.23. The van der Waals surface area contributed by atoms with E-state index in [1.807, 2.05) is 0 Å². The molecule has 0 saturated carbocycles. The predicted octanol–water partition coefficient (Wildman–Crippen LogP) is 0.612. The highest BCUT2D eigenvalue weighted by atomic mass is 16.3. The number of benzene rings is 1. The van der Waals surface area contributed by atoms with Gasteiger partial charge in [-0.2, -0.15) is 0 Å². The first-order valence-electron chi connectivity index (χ1n) is 10.8. The van der Waals surface area contributed by atoms with Crippen LogP contribution in [0.2, 0.25) is 0 Å². The number of carbonyl (C=O) groups excluding carboxylic acids is 5. The van der Waals surface area contributed by atoms with E-state index in [-0.39, 0.29) is 30.7 Å². The summed E-state index contributed by atoms with van der Waals surface area (Å²) in [6, 6.07) is 5.03. The molecule has 1 aliphatic rings. The molecule has 0 radical (unpaired) electrons. The zero-order valence-corrected chi connectivity index (χ0v) is 18.8. The largest absolute Gasteiger partial charge is 0.392 e. The molecular weight excluding hydrogens is 428 g/mol. The van der Waals surface area contributed by atoms with E-state index in [9.17, 15) is 24.0 Å². The SMILES string of the molecule is CC(NC(=O)CCCCCN1C(=O)C=CC1=O)C(=O)NC(C)C(=O)Nc1ccc(CO)cc1. The number of imide groups is 1. The summed E-state index contributed by atoms with van der Waals surface area (Å²) in [5.74, 6) is -1.84. The molecule has 33 heavy (non-hydrogen) atoms. The molecule has 0 spiro atoms. The first-order valence-corrected chi connectivity index (χ1v) is 10.8. The smallest absolute Gasteiger partial charge is 0.253 e. The van der Waals surface area contributed by atoms with Crippen molar-refractivity contribution >= 4 is 35.2 Å². The number of nitrogens with zero attached hydrogens (tertiary/aromatic N) is 1. The van der Waals surface area contributed by atoms with Crippen LogP contribution in [0, 0.1) is 0 Å². The van der Waals surface area contributed by atoms with Crippen LogP contribution in [0.5, 0.6) is 0 Å². The molecule has 2 rings (SSSR count). The summed E-state index contributed by atoms with van der Waals surface area (Å²) in [5, 5.41) is 16.9. The van der Waals surface area contributed by atoms with E-state index in [2.05, 4.69) is 16.0 Å². The van der Waals surface area contributed by atoms with Crippen LogP contribution in [-0.4, -0.2) is 58.2 Å². The van der Waals surface area contributed by atoms with E-state index in [1.54, 1.807) is 24.3 Å². The number of aliphatic hydroxyl groups excluding tert-OH is 1. The van der Waals surface area contributed by atoms with Gasteiger partial charge in [0.15, 0.2) is 0 Å². The normalized spacial score (nSPS) is 14.7. The molecule has 10 heteroatoms. The van der Waals surface area contributed by atoms with Crippen LogP contribution < -0.4 is 16.0 Å². The van der Waals surface area contributed by atoms with E-state index in [0.717, 1.165) is 4.90 Å². The average molecular weight is 459 g/mol. The maximum Gasteiger partial charge on any atom is 0.253 e. The van der Waals surface area contributed by atoms with Crippen LogP contribution in [0.1, 0.15) is 45.1 Å². The molecule has 10 nitrogen and oxygen atoms in total. The van der Waals surface area contributed by atoms with Gasteiger partial charge in [0.05, 0.1) is 6.61 Å². The minimum absolute atomic E-state index is 0.0946. The highest BCUT2D eigenvalue weighted by Crippen LogP contribution is 2.10. The molecule has 178 valence electrons. The van der Waals surface area contributed by atoms with Gasteiger partial charge in [0.1, 0.15) is 12.1 Å². The van der Waals surface area contributed by atoms with Crippen molar-refractivity contribution in [3.8, 4) is 0 Å². The number of rotatable bonds is 12. The zero-order chi connectivity index (χ0) is 24.4. The molecule has 0 bridgehead atoms. The number of amides is 5. The second kappa shape index (κ2) is 12.5. The molecule has 0 saturated heterocycles. The lowest BCUT2D eigenvalue weighted by molar-refractivity contribution is -0.137. The minimum atomic E-state index is -0.820. The van der Waals surface area contributed by atoms with Crippen molar-refractivity contribution in [3.63, 3.8) is 0 Å². The third-order valence-corrected chi connectivity index (χ3v) is 5.11. The van der Waals surface area contributed by atoms with E-state index in [4.69, 9.17) is 5.11 Å². The quantitative estimate of drug-likeness (QED) is 0.267. The monoisotopic (exact) mass is 458 g/mol.